The molecule has 7 heteroatoms. The van der Waals surface area contributed by atoms with Crippen LogP contribution >= 0.6 is 34.7 Å². The molecule has 1 aromatic carbocycles. The number of halogens is 1. The number of hydrogen-bond acceptors (Lipinski definition) is 6. The topological polar surface area (TPSA) is 41.1 Å². The van der Waals surface area contributed by atoms with E-state index < -0.39 is 0 Å². The highest BCUT2D eigenvalue weighted by Crippen LogP contribution is 2.26. The van der Waals surface area contributed by atoms with Gasteiger partial charge in [0, 0.05) is 37.1 Å². The maximum absolute atomic E-state index is 5.92. The number of hydrogen-bond donors (Lipinski definition) is 1. The van der Waals surface area contributed by atoms with Gasteiger partial charge in [0.15, 0.2) is 4.34 Å². The summed E-state index contributed by atoms with van der Waals surface area (Å²) < 4.78 is 0.997. The number of nitrogens with one attached hydrogen (secondary N) is 1. The van der Waals surface area contributed by atoms with Gasteiger partial charge >= 0.3 is 0 Å². The summed E-state index contributed by atoms with van der Waals surface area (Å²) in [5.41, 5.74) is 1.04. The molecular formula is C12H15ClN4S2. The third-order valence-electron chi connectivity index (χ3n) is 2.26. The molecule has 4 nitrogen and oxygen atoms in total. The van der Waals surface area contributed by atoms with Gasteiger partial charge in [-0.3, -0.25) is 0 Å². The minimum atomic E-state index is 0.748. The Morgan fingerprint density at radius 1 is 1.37 bits per heavy atom. The average Bonchev–Trinajstić information content (AvgIpc) is 2.84. The summed E-state index contributed by atoms with van der Waals surface area (Å²) in [6, 6.07) is 7.73. The van der Waals surface area contributed by atoms with Gasteiger partial charge in [0.1, 0.15) is 0 Å². The summed E-state index contributed by atoms with van der Waals surface area (Å²) in [4.78, 5) is 1.96. The van der Waals surface area contributed by atoms with Crippen LogP contribution in [0.2, 0.25) is 5.02 Å². The van der Waals surface area contributed by atoms with E-state index in [0.717, 1.165) is 32.5 Å². The Morgan fingerprint density at radius 2 is 2.21 bits per heavy atom. The molecule has 0 amide bonds. The normalized spacial score (nSPS) is 10.5. The highest BCUT2D eigenvalue weighted by Gasteiger charge is 2.05. The van der Waals surface area contributed by atoms with Crippen LogP contribution in [0.1, 0.15) is 0 Å². The largest absolute Gasteiger partial charge is 0.384 e. The number of thioether (sulfide) groups is 1. The van der Waals surface area contributed by atoms with Gasteiger partial charge in [-0.1, -0.05) is 40.8 Å². The molecule has 1 heterocycles. The van der Waals surface area contributed by atoms with E-state index in [1.54, 1.807) is 23.1 Å². The molecule has 19 heavy (non-hydrogen) atoms. The van der Waals surface area contributed by atoms with Crippen molar-refractivity contribution in [3.05, 3.63) is 29.3 Å². The molecular weight excluding hydrogens is 300 g/mol. The Hall–Kier alpha value is -0.980. The Balaban J connectivity index is 1.74. The van der Waals surface area contributed by atoms with E-state index in [1.807, 2.05) is 43.3 Å². The molecule has 0 aliphatic carbocycles. The lowest BCUT2D eigenvalue weighted by Crippen LogP contribution is -2.07. The van der Waals surface area contributed by atoms with Crippen molar-refractivity contribution in [1.29, 1.82) is 0 Å². The zero-order valence-corrected chi connectivity index (χ0v) is 13.1. The molecule has 0 saturated heterocycles. The molecule has 1 N–H and O–H groups in total. The van der Waals surface area contributed by atoms with E-state index in [4.69, 9.17) is 11.6 Å². The zero-order chi connectivity index (χ0) is 13.7. The van der Waals surface area contributed by atoms with Crippen molar-refractivity contribution >= 4 is 45.5 Å². The Morgan fingerprint density at radius 3 is 2.89 bits per heavy atom. The van der Waals surface area contributed by atoms with Gasteiger partial charge < -0.3 is 10.2 Å². The van der Waals surface area contributed by atoms with Crippen molar-refractivity contribution in [2.24, 2.45) is 0 Å². The Bertz CT molecular complexity index is 530. The Labute approximate surface area is 126 Å². The second-order valence-electron chi connectivity index (χ2n) is 4.03. The van der Waals surface area contributed by atoms with Crippen LogP contribution in [0.4, 0.5) is 10.8 Å². The third kappa shape index (κ3) is 4.56. The molecule has 2 aromatic rings. The van der Waals surface area contributed by atoms with E-state index in [-0.39, 0.29) is 0 Å². The molecule has 0 fully saturated rings. The summed E-state index contributed by atoms with van der Waals surface area (Å²) >= 11 is 9.23. The summed E-state index contributed by atoms with van der Waals surface area (Å²) in [6.07, 6.45) is 0. The molecule has 0 atom stereocenters. The average molecular weight is 315 g/mol. The van der Waals surface area contributed by atoms with Gasteiger partial charge in [-0.05, 0) is 18.2 Å². The minimum Gasteiger partial charge on any atom is -0.384 e. The molecule has 1 aromatic heterocycles. The van der Waals surface area contributed by atoms with Crippen molar-refractivity contribution in [1.82, 2.24) is 10.2 Å². The fourth-order valence-electron chi connectivity index (χ4n) is 1.37. The maximum atomic E-state index is 5.92. The number of benzene rings is 1. The van der Waals surface area contributed by atoms with Crippen molar-refractivity contribution in [2.45, 2.75) is 4.34 Å². The third-order valence-corrected chi connectivity index (χ3v) is 4.72. The van der Waals surface area contributed by atoms with Crippen LogP contribution in [-0.4, -0.2) is 36.6 Å². The smallest absolute Gasteiger partial charge is 0.208 e. The van der Waals surface area contributed by atoms with Gasteiger partial charge in [-0.15, -0.1) is 10.2 Å². The van der Waals surface area contributed by atoms with Crippen LogP contribution in [0.3, 0.4) is 0 Å². The lowest BCUT2D eigenvalue weighted by molar-refractivity contribution is 0.972. The van der Waals surface area contributed by atoms with Crippen LogP contribution in [0.5, 0.6) is 0 Å². The SMILES string of the molecule is CN(C)c1nnc(SCCNc2cccc(Cl)c2)s1. The fraction of sp³-hybridized carbons (Fsp3) is 0.333. The summed E-state index contributed by atoms with van der Waals surface area (Å²) in [7, 11) is 3.94. The predicted octanol–water partition coefficient (Wildman–Crippen LogP) is 3.46. The van der Waals surface area contributed by atoms with Gasteiger partial charge in [0.25, 0.3) is 0 Å². The lowest BCUT2D eigenvalue weighted by Gasteiger charge is -2.05. The van der Waals surface area contributed by atoms with Crippen LogP contribution in [0, 0.1) is 0 Å². The molecule has 2 rings (SSSR count). The van der Waals surface area contributed by atoms with E-state index >= 15 is 0 Å². The van der Waals surface area contributed by atoms with Crippen LogP contribution < -0.4 is 10.2 Å². The maximum Gasteiger partial charge on any atom is 0.208 e. The molecule has 0 spiro atoms. The Kier molecular flexibility index (Phi) is 5.30. The first-order chi connectivity index (χ1) is 9.15. The first-order valence-corrected chi connectivity index (χ1v) is 7.96. The highest BCUT2D eigenvalue weighted by molar-refractivity contribution is 8.01. The first kappa shape index (κ1) is 14.4. The van der Waals surface area contributed by atoms with Gasteiger partial charge in [-0.25, -0.2) is 0 Å². The molecule has 0 aliphatic rings. The van der Waals surface area contributed by atoms with E-state index in [2.05, 4.69) is 15.5 Å². The highest BCUT2D eigenvalue weighted by atomic mass is 35.5. The van der Waals surface area contributed by atoms with Crippen LogP contribution in [-0.2, 0) is 0 Å². The monoisotopic (exact) mass is 314 g/mol. The van der Waals surface area contributed by atoms with E-state index in [9.17, 15) is 0 Å². The molecule has 0 saturated carbocycles. The molecule has 0 radical (unpaired) electrons. The number of nitrogens with zero attached hydrogens (tertiary/aromatic N) is 3. The van der Waals surface area contributed by atoms with Crippen molar-refractivity contribution in [2.75, 3.05) is 36.6 Å². The summed E-state index contributed by atoms with van der Waals surface area (Å²) in [5.74, 6) is 0.939. The van der Waals surface area contributed by atoms with E-state index in [1.165, 1.54) is 0 Å². The molecule has 102 valence electrons. The van der Waals surface area contributed by atoms with Gasteiger partial charge in [-0.2, -0.15) is 0 Å². The van der Waals surface area contributed by atoms with Crippen molar-refractivity contribution in [3.8, 4) is 0 Å². The lowest BCUT2D eigenvalue weighted by atomic mass is 10.3. The summed E-state index contributed by atoms with van der Waals surface area (Å²) in [5, 5.41) is 13.2. The second-order valence-corrected chi connectivity index (χ2v) is 6.77. The fourth-order valence-corrected chi connectivity index (χ4v) is 3.25. The van der Waals surface area contributed by atoms with Gasteiger partial charge in [0.2, 0.25) is 5.13 Å². The van der Waals surface area contributed by atoms with Crippen LogP contribution in [0.25, 0.3) is 0 Å². The van der Waals surface area contributed by atoms with Crippen LogP contribution in [0.15, 0.2) is 28.6 Å². The van der Waals surface area contributed by atoms with Crippen molar-refractivity contribution in [3.63, 3.8) is 0 Å². The van der Waals surface area contributed by atoms with Crippen molar-refractivity contribution < 1.29 is 0 Å². The first-order valence-electron chi connectivity index (χ1n) is 5.78. The second kappa shape index (κ2) is 6.98. The van der Waals surface area contributed by atoms with E-state index in [0.29, 0.717) is 0 Å². The quantitative estimate of drug-likeness (QED) is 0.653. The molecule has 0 bridgehead atoms. The number of rotatable bonds is 6. The molecule has 0 aliphatic heterocycles. The molecule has 0 unspecified atom stereocenters. The number of anilines is 2. The standard InChI is InChI=1S/C12H15ClN4S2/c1-17(2)11-15-16-12(19-11)18-7-6-14-10-5-3-4-9(13)8-10/h3-5,8,14H,6-7H2,1-2H3. The summed E-state index contributed by atoms with van der Waals surface area (Å²) in [6.45, 7) is 0.863. The number of aromatic nitrogens is 2. The predicted molar refractivity (Wildman–Crippen MR) is 84.9 cm³/mol. The zero-order valence-electron chi connectivity index (χ0n) is 10.8. The minimum absolute atomic E-state index is 0.748. The van der Waals surface area contributed by atoms with Gasteiger partial charge in [0.05, 0.1) is 0 Å².